The van der Waals surface area contributed by atoms with Crippen molar-refractivity contribution in [1.29, 1.82) is 0 Å². The van der Waals surface area contributed by atoms with Gasteiger partial charge in [-0.1, -0.05) is 25.2 Å². The molecule has 0 saturated carbocycles. The van der Waals surface area contributed by atoms with E-state index in [0.29, 0.717) is 43.3 Å². The van der Waals surface area contributed by atoms with Crippen molar-refractivity contribution < 1.29 is 42.5 Å². The van der Waals surface area contributed by atoms with Crippen molar-refractivity contribution in [2.45, 2.75) is 126 Å². The normalized spacial score (nSPS) is 22.8. The van der Waals surface area contributed by atoms with Gasteiger partial charge < -0.3 is 59.1 Å². The molecule has 0 unspecified atom stereocenters. The summed E-state index contributed by atoms with van der Waals surface area (Å²) < 4.78 is 37.2. The summed E-state index contributed by atoms with van der Waals surface area (Å²) in [7, 11) is 4.24. The molecule has 2 aromatic heterocycles. The van der Waals surface area contributed by atoms with Gasteiger partial charge in [0.1, 0.15) is 29.5 Å². The molecule has 4 amide bonds. The van der Waals surface area contributed by atoms with E-state index in [0.717, 1.165) is 89.7 Å². The SMILES string of the molecule is COC(=O)N[C@H](C(=O)N1CCC[C@H]1c1nc2cc([C@H]3CC[C@H](c4ccc5[nH]c([C@@H]6CCCN6C(=O)[C@@H](NC(=O)OC)[C@@H](C)OC)nc5c4)N3c3ccc(N4CC[Si](C)(C)CC4)c(F)c3)ccc2[nH]1)[C@@H](C)OC. The van der Waals surface area contributed by atoms with Crippen molar-refractivity contribution in [3.05, 3.63) is 83.2 Å². The molecule has 4 aliphatic rings. The Morgan fingerprint density at radius 3 is 1.56 bits per heavy atom. The first-order chi connectivity index (χ1) is 34.6. The molecule has 4 saturated heterocycles. The number of aromatic nitrogens is 4. The zero-order valence-corrected chi connectivity index (χ0v) is 43.6. The first kappa shape index (κ1) is 50.7. The lowest BCUT2D eigenvalue weighted by atomic mass is 10.0. The lowest BCUT2D eigenvalue weighted by Crippen LogP contribution is -2.54. The summed E-state index contributed by atoms with van der Waals surface area (Å²) in [4.78, 5) is 77.9. The Kier molecular flexibility index (Phi) is 14.8. The number of likely N-dealkylation sites (tertiary alicyclic amines) is 2. The van der Waals surface area contributed by atoms with Gasteiger partial charge in [-0.15, -0.1) is 0 Å². The molecule has 20 heteroatoms. The Balaban J connectivity index is 1.02. The van der Waals surface area contributed by atoms with Crippen LogP contribution in [-0.2, 0) is 28.5 Å². The molecule has 4 aliphatic heterocycles. The number of benzene rings is 3. The molecule has 5 aromatic rings. The molecule has 0 bridgehead atoms. The van der Waals surface area contributed by atoms with E-state index in [1.165, 1.54) is 28.4 Å². The van der Waals surface area contributed by atoms with E-state index in [-0.39, 0.29) is 41.8 Å². The number of carbonyl (C=O) groups is 4. The minimum Gasteiger partial charge on any atom is -0.453 e. The van der Waals surface area contributed by atoms with E-state index in [1.807, 2.05) is 18.2 Å². The average Bonchev–Trinajstić information content (AvgIpc) is 4.25. The van der Waals surface area contributed by atoms with Crippen molar-refractivity contribution in [1.82, 2.24) is 40.4 Å². The second kappa shape index (κ2) is 21.1. The molecule has 72 heavy (non-hydrogen) atoms. The number of halogens is 1. The smallest absolute Gasteiger partial charge is 0.407 e. The van der Waals surface area contributed by atoms with Gasteiger partial charge in [-0.05, 0) is 118 Å². The number of nitrogens with one attached hydrogen (secondary N) is 4. The van der Waals surface area contributed by atoms with Crippen LogP contribution in [0.1, 0.15) is 99.3 Å². The van der Waals surface area contributed by atoms with Crippen LogP contribution < -0.4 is 20.4 Å². The van der Waals surface area contributed by atoms with E-state index in [1.54, 1.807) is 29.7 Å². The van der Waals surface area contributed by atoms with Gasteiger partial charge in [0.15, 0.2) is 0 Å². The van der Waals surface area contributed by atoms with Crippen LogP contribution in [0.3, 0.4) is 0 Å². The van der Waals surface area contributed by atoms with Crippen molar-refractivity contribution in [2.24, 2.45) is 0 Å². The van der Waals surface area contributed by atoms with Crippen molar-refractivity contribution in [3.63, 3.8) is 0 Å². The van der Waals surface area contributed by atoms with Gasteiger partial charge in [0.2, 0.25) is 11.8 Å². The zero-order valence-electron chi connectivity index (χ0n) is 42.6. The molecule has 6 heterocycles. The highest BCUT2D eigenvalue weighted by atomic mass is 28.3. The first-order valence-corrected chi connectivity index (χ1v) is 28.7. The zero-order chi connectivity index (χ0) is 51.0. The number of imidazole rings is 2. The van der Waals surface area contributed by atoms with Crippen molar-refractivity contribution >= 4 is 65.5 Å². The third-order valence-corrected chi connectivity index (χ3v) is 18.9. The average molecular weight is 1010 g/mol. The molecule has 0 aliphatic carbocycles. The highest BCUT2D eigenvalue weighted by Crippen LogP contribution is 2.49. The fourth-order valence-electron chi connectivity index (χ4n) is 11.3. The Morgan fingerprint density at radius 1 is 0.653 bits per heavy atom. The molecule has 0 spiro atoms. The van der Waals surface area contributed by atoms with Gasteiger partial charge in [-0.3, -0.25) is 9.59 Å². The Morgan fingerprint density at radius 2 is 1.12 bits per heavy atom. The largest absolute Gasteiger partial charge is 0.453 e. The summed E-state index contributed by atoms with van der Waals surface area (Å²) in [6, 6.07) is 17.6. The fourth-order valence-corrected chi connectivity index (χ4v) is 13.3. The van der Waals surface area contributed by atoms with Gasteiger partial charge in [-0.2, -0.15) is 0 Å². The Bertz CT molecular complexity index is 2650. The number of fused-ring (bicyclic) bond motifs is 2. The number of carbonyl (C=O) groups excluding carboxylic acids is 4. The van der Waals surface area contributed by atoms with E-state index < -0.39 is 44.6 Å². The number of ether oxygens (including phenoxy) is 4. The van der Waals surface area contributed by atoms with Crippen LogP contribution in [0.15, 0.2) is 54.6 Å². The molecule has 386 valence electrons. The second-order valence-electron chi connectivity index (χ2n) is 20.6. The number of rotatable bonds is 14. The third kappa shape index (κ3) is 10.1. The summed E-state index contributed by atoms with van der Waals surface area (Å²) in [5, 5.41) is 5.32. The van der Waals surface area contributed by atoms with E-state index in [2.05, 4.69) is 73.8 Å². The summed E-state index contributed by atoms with van der Waals surface area (Å²) in [6.07, 6.45) is 1.87. The third-order valence-electron chi connectivity index (χ3n) is 15.7. The highest BCUT2D eigenvalue weighted by Gasteiger charge is 2.42. The monoisotopic (exact) mass is 1010 g/mol. The number of hydrogen-bond acceptors (Lipinski definition) is 12. The maximum absolute atomic E-state index is 16.6. The second-order valence-corrected chi connectivity index (χ2v) is 25.9. The van der Waals surface area contributed by atoms with Crippen LogP contribution in [0, 0.1) is 5.82 Å². The number of H-pyrrole nitrogens is 2. The first-order valence-electron chi connectivity index (χ1n) is 25.3. The lowest BCUT2D eigenvalue weighted by Gasteiger charge is -2.38. The molecular formula is C52H69FN10O8Si. The Hall–Kier alpha value is -6.25. The van der Waals surface area contributed by atoms with Gasteiger partial charge >= 0.3 is 12.2 Å². The summed E-state index contributed by atoms with van der Waals surface area (Å²) in [6.45, 7) is 11.0. The van der Waals surface area contributed by atoms with Crippen molar-refractivity contribution in [2.75, 3.05) is 64.4 Å². The Labute approximate surface area is 420 Å². The number of amides is 4. The van der Waals surface area contributed by atoms with E-state index >= 15 is 4.39 Å². The van der Waals surface area contributed by atoms with Crippen LogP contribution in [-0.4, -0.2) is 141 Å². The number of alkyl carbamates (subject to hydrolysis) is 2. The number of anilines is 2. The van der Waals surface area contributed by atoms with Crippen molar-refractivity contribution in [3.8, 4) is 0 Å². The molecule has 3 aromatic carbocycles. The minimum absolute atomic E-state index is 0.138. The van der Waals surface area contributed by atoms with Gasteiger partial charge in [0.25, 0.3) is 0 Å². The molecule has 8 atom stereocenters. The molecule has 4 fully saturated rings. The minimum atomic E-state index is -1.28. The molecule has 18 nitrogen and oxygen atoms in total. The maximum Gasteiger partial charge on any atom is 0.407 e. The molecule has 0 radical (unpaired) electrons. The molecular weight excluding hydrogens is 940 g/mol. The number of hydrogen-bond donors (Lipinski definition) is 4. The molecule has 4 N–H and O–H groups in total. The van der Waals surface area contributed by atoms with Gasteiger partial charge in [-0.25, -0.2) is 23.9 Å². The summed E-state index contributed by atoms with van der Waals surface area (Å²) in [5.41, 5.74) is 6.65. The van der Waals surface area contributed by atoms with Crippen LogP contribution in [0.2, 0.25) is 25.2 Å². The standard InChI is InChI=1S/C52H69FN10O8Si/c1-30(68-3)45(58-51(66)70-5)49(64)61-21-9-11-43(61)47-54-36-16-13-32(27-38(36)56-47)40-19-20-41(63(40)34-15-18-42(35(53)29-34)60-23-25-72(7,8)26-24-60)33-14-17-37-39(28-33)57-48(55-37)44-12-10-22-62(44)50(65)46(31(2)69-4)59-52(67)71-6/h13-18,27-31,40-41,43-46H,9-12,19-26H2,1-8H3,(H,54,56)(H,55,57)(H,58,66)(H,59,67)/t30-,31-,40-,41-,43+,44+,45+,46+/m1/s1. The van der Waals surface area contributed by atoms with Crippen LogP contribution >= 0.6 is 0 Å². The predicted octanol–water partition coefficient (Wildman–Crippen LogP) is 8.04. The molecule has 9 rings (SSSR count). The number of methoxy groups -OCH3 is 4. The van der Waals surface area contributed by atoms with E-state index in [9.17, 15) is 19.2 Å². The summed E-state index contributed by atoms with van der Waals surface area (Å²) >= 11 is 0. The summed E-state index contributed by atoms with van der Waals surface area (Å²) in [5.74, 6) is 0.543. The fraction of sp³-hybridized carbons (Fsp3) is 0.538. The van der Waals surface area contributed by atoms with Crippen LogP contribution in [0.25, 0.3) is 22.1 Å². The number of aromatic amines is 2. The van der Waals surface area contributed by atoms with E-state index in [4.69, 9.17) is 28.9 Å². The predicted molar refractivity (Wildman–Crippen MR) is 274 cm³/mol. The van der Waals surface area contributed by atoms with Gasteiger partial charge in [0.05, 0.1) is 86.4 Å². The van der Waals surface area contributed by atoms with Crippen LogP contribution in [0.5, 0.6) is 0 Å². The van der Waals surface area contributed by atoms with Crippen LogP contribution in [0.4, 0.5) is 25.4 Å². The quantitative estimate of drug-likeness (QED) is 0.0783. The van der Waals surface area contributed by atoms with Gasteiger partial charge in [0, 0.05) is 46.1 Å². The lowest BCUT2D eigenvalue weighted by molar-refractivity contribution is -0.138. The highest BCUT2D eigenvalue weighted by molar-refractivity contribution is 6.77. The maximum atomic E-state index is 16.6. The topological polar surface area (TPSA) is 200 Å². The number of nitrogens with zero attached hydrogens (tertiary/aromatic N) is 6.